The number of ether oxygens (including phenoxy) is 2. The minimum absolute atomic E-state index is 0.108. The molecule has 0 fully saturated rings. The van der Waals surface area contributed by atoms with Crippen LogP contribution in [0.3, 0.4) is 0 Å². The van der Waals surface area contributed by atoms with Crippen molar-refractivity contribution in [2.45, 2.75) is 51.2 Å². The molecule has 1 unspecified atom stereocenters. The van der Waals surface area contributed by atoms with E-state index >= 15 is 0 Å². The summed E-state index contributed by atoms with van der Waals surface area (Å²) in [5.74, 6) is -0.546. The van der Waals surface area contributed by atoms with Crippen LogP contribution in [-0.4, -0.2) is 33.5 Å². The smallest absolute Gasteiger partial charge is 0.444 e. The molecule has 0 amide bonds. The van der Waals surface area contributed by atoms with Crippen molar-refractivity contribution in [3.05, 3.63) is 46.1 Å². The summed E-state index contributed by atoms with van der Waals surface area (Å²) >= 11 is 0. The molecule has 3 rings (SSSR count). The Hall–Kier alpha value is -2.82. The molecule has 1 N–H and O–H groups in total. The highest BCUT2D eigenvalue weighted by molar-refractivity contribution is 5.29. The van der Waals surface area contributed by atoms with Crippen LogP contribution in [0.2, 0.25) is 0 Å². The number of nitrogens with zero attached hydrogens (tertiary/aromatic N) is 3. The predicted octanol–water partition coefficient (Wildman–Crippen LogP) is 3.97. The summed E-state index contributed by atoms with van der Waals surface area (Å²) in [6.07, 6.45) is -0.733. The van der Waals surface area contributed by atoms with E-state index in [-0.39, 0.29) is 36.3 Å². The SMILES string of the molecule is CCCCC(N[C@@H]1COc2nc([N+](=O)[O-])cn2C1)c1ccc(OC(F)(F)F)cc1. The van der Waals surface area contributed by atoms with Crippen LogP contribution in [0.1, 0.15) is 37.8 Å². The standard InChI is InChI=1S/C18H21F3N4O4/c1-2-3-4-15(12-5-7-14(8-6-12)29-18(19,20)21)22-13-9-24-10-16(25(26)27)23-17(24)28-11-13/h5-8,10,13,15,22H,2-4,9,11H2,1H3/t13-,15?/m0/s1. The minimum Gasteiger partial charge on any atom is -0.444 e. The molecular weight excluding hydrogens is 393 g/mol. The summed E-state index contributed by atoms with van der Waals surface area (Å²) in [6, 6.07) is 5.74. The molecule has 2 aromatic rings. The van der Waals surface area contributed by atoms with Crippen LogP contribution in [-0.2, 0) is 6.54 Å². The van der Waals surface area contributed by atoms with Crippen molar-refractivity contribution in [3.8, 4) is 11.8 Å². The van der Waals surface area contributed by atoms with Crippen LogP contribution < -0.4 is 14.8 Å². The number of halogens is 3. The quantitative estimate of drug-likeness (QED) is 0.519. The zero-order valence-corrected chi connectivity index (χ0v) is 15.7. The van der Waals surface area contributed by atoms with E-state index in [0.717, 1.165) is 24.8 Å². The molecule has 0 saturated carbocycles. The van der Waals surface area contributed by atoms with Crippen molar-refractivity contribution in [2.75, 3.05) is 6.61 Å². The van der Waals surface area contributed by atoms with Gasteiger partial charge < -0.3 is 24.9 Å². The number of aromatic nitrogens is 2. The number of imidazole rings is 1. The number of benzene rings is 1. The van der Waals surface area contributed by atoms with E-state index in [1.54, 1.807) is 16.7 Å². The Morgan fingerprint density at radius 1 is 1.41 bits per heavy atom. The molecule has 0 bridgehead atoms. The van der Waals surface area contributed by atoms with Crippen molar-refractivity contribution in [1.82, 2.24) is 14.9 Å². The summed E-state index contributed by atoms with van der Waals surface area (Å²) in [5.41, 5.74) is 0.829. The van der Waals surface area contributed by atoms with Gasteiger partial charge in [-0.15, -0.1) is 13.2 Å². The van der Waals surface area contributed by atoms with Gasteiger partial charge in [-0.3, -0.25) is 4.57 Å². The lowest BCUT2D eigenvalue weighted by Gasteiger charge is -2.28. The van der Waals surface area contributed by atoms with Crippen molar-refractivity contribution in [1.29, 1.82) is 0 Å². The molecule has 1 aliphatic rings. The predicted molar refractivity (Wildman–Crippen MR) is 96.7 cm³/mol. The molecule has 29 heavy (non-hydrogen) atoms. The van der Waals surface area contributed by atoms with Crippen molar-refractivity contribution < 1.29 is 27.6 Å². The fourth-order valence-electron chi connectivity index (χ4n) is 3.23. The molecule has 1 aromatic carbocycles. The van der Waals surface area contributed by atoms with Gasteiger partial charge in [0.25, 0.3) is 0 Å². The Kier molecular flexibility index (Phi) is 6.26. The third kappa shape index (κ3) is 5.59. The van der Waals surface area contributed by atoms with E-state index in [0.29, 0.717) is 6.54 Å². The van der Waals surface area contributed by atoms with Gasteiger partial charge in [0.15, 0.2) is 0 Å². The molecule has 1 aromatic heterocycles. The molecular formula is C18H21F3N4O4. The van der Waals surface area contributed by atoms with Crippen LogP contribution in [0.4, 0.5) is 19.0 Å². The van der Waals surface area contributed by atoms with Gasteiger partial charge in [-0.25, -0.2) is 0 Å². The maximum absolute atomic E-state index is 12.4. The molecule has 158 valence electrons. The number of hydrogen-bond donors (Lipinski definition) is 1. The fourth-order valence-corrected chi connectivity index (χ4v) is 3.23. The first kappa shape index (κ1) is 20.9. The van der Waals surface area contributed by atoms with Crippen LogP contribution >= 0.6 is 0 Å². The highest BCUT2D eigenvalue weighted by Crippen LogP contribution is 2.28. The fraction of sp³-hybridized carbons (Fsp3) is 0.500. The van der Waals surface area contributed by atoms with E-state index in [9.17, 15) is 23.3 Å². The maximum Gasteiger partial charge on any atom is 0.573 e. The summed E-state index contributed by atoms with van der Waals surface area (Å²) in [6.45, 7) is 2.78. The monoisotopic (exact) mass is 414 g/mol. The molecule has 8 nitrogen and oxygen atoms in total. The summed E-state index contributed by atoms with van der Waals surface area (Å²) in [7, 11) is 0. The Bertz CT molecular complexity index is 839. The second-order valence-electron chi connectivity index (χ2n) is 6.78. The number of fused-ring (bicyclic) bond motifs is 1. The molecule has 0 aliphatic carbocycles. The first-order chi connectivity index (χ1) is 13.7. The van der Waals surface area contributed by atoms with Gasteiger partial charge in [0, 0.05) is 17.6 Å². The van der Waals surface area contributed by atoms with Crippen LogP contribution in [0.15, 0.2) is 30.5 Å². The van der Waals surface area contributed by atoms with Gasteiger partial charge in [0.1, 0.15) is 18.6 Å². The van der Waals surface area contributed by atoms with E-state index in [1.165, 1.54) is 18.3 Å². The van der Waals surface area contributed by atoms with Gasteiger partial charge in [-0.2, -0.15) is 0 Å². The van der Waals surface area contributed by atoms with Crippen molar-refractivity contribution in [2.24, 2.45) is 0 Å². The number of nitro groups is 1. The highest BCUT2D eigenvalue weighted by atomic mass is 19.4. The number of rotatable bonds is 8. The number of hydrogen-bond acceptors (Lipinski definition) is 6. The summed E-state index contributed by atoms with van der Waals surface area (Å²) in [4.78, 5) is 14.1. The van der Waals surface area contributed by atoms with E-state index in [1.807, 2.05) is 0 Å². The van der Waals surface area contributed by atoms with Crippen LogP contribution in [0, 0.1) is 10.1 Å². The highest BCUT2D eigenvalue weighted by Gasteiger charge is 2.31. The Morgan fingerprint density at radius 3 is 2.76 bits per heavy atom. The van der Waals surface area contributed by atoms with Crippen LogP contribution in [0.5, 0.6) is 11.8 Å². The number of nitrogens with one attached hydrogen (secondary N) is 1. The van der Waals surface area contributed by atoms with Crippen LogP contribution in [0.25, 0.3) is 0 Å². The Morgan fingerprint density at radius 2 is 2.14 bits per heavy atom. The lowest BCUT2D eigenvalue weighted by molar-refractivity contribution is -0.389. The Labute approximate surface area is 164 Å². The topological polar surface area (TPSA) is 91.5 Å². The third-order valence-electron chi connectivity index (χ3n) is 4.54. The molecule has 11 heteroatoms. The van der Waals surface area contributed by atoms with E-state index < -0.39 is 11.3 Å². The first-order valence-corrected chi connectivity index (χ1v) is 9.21. The van der Waals surface area contributed by atoms with Gasteiger partial charge in [0.2, 0.25) is 0 Å². The Balaban J connectivity index is 1.69. The molecule has 2 heterocycles. The van der Waals surface area contributed by atoms with Gasteiger partial charge in [0.05, 0.1) is 6.04 Å². The third-order valence-corrected chi connectivity index (χ3v) is 4.54. The van der Waals surface area contributed by atoms with E-state index in [4.69, 9.17) is 4.74 Å². The maximum atomic E-state index is 12.4. The molecule has 2 atom stereocenters. The number of unbranched alkanes of at least 4 members (excludes halogenated alkanes) is 1. The average Bonchev–Trinajstić information content (AvgIpc) is 3.08. The summed E-state index contributed by atoms with van der Waals surface area (Å²) < 4.78 is 48.1. The largest absolute Gasteiger partial charge is 0.573 e. The van der Waals surface area contributed by atoms with Gasteiger partial charge in [-0.05, 0) is 29.0 Å². The second-order valence-corrected chi connectivity index (χ2v) is 6.78. The minimum atomic E-state index is -4.73. The van der Waals surface area contributed by atoms with Gasteiger partial charge >= 0.3 is 18.2 Å². The molecule has 1 aliphatic heterocycles. The normalized spacial score (nSPS) is 17.3. The summed E-state index contributed by atoms with van der Waals surface area (Å²) in [5, 5.41) is 14.3. The van der Waals surface area contributed by atoms with Crippen molar-refractivity contribution in [3.63, 3.8) is 0 Å². The average molecular weight is 414 g/mol. The molecule has 0 spiro atoms. The van der Waals surface area contributed by atoms with Gasteiger partial charge in [-0.1, -0.05) is 31.9 Å². The lowest BCUT2D eigenvalue weighted by Crippen LogP contribution is -2.43. The first-order valence-electron chi connectivity index (χ1n) is 9.21. The number of alkyl halides is 3. The zero-order chi connectivity index (χ0) is 21.0. The lowest BCUT2D eigenvalue weighted by atomic mass is 10.00. The van der Waals surface area contributed by atoms with E-state index in [2.05, 4.69) is 22.0 Å². The van der Waals surface area contributed by atoms with Crippen molar-refractivity contribution >= 4 is 5.82 Å². The molecule has 0 radical (unpaired) electrons. The molecule has 0 saturated heterocycles. The zero-order valence-electron chi connectivity index (χ0n) is 15.7. The second kappa shape index (κ2) is 8.68.